The van der Waals surface area contributed by atoms with E-state index >= 15 is 0 Å². The first-order valence-electron chi connectivity index (χ1n) is 11.7. The molecule has 1 aromatic heterocycles. The molecule has 0 atom stereocenters. The monoisotopic (exact) mass is 505 g/mol. The summed E-state index contributed by atoms with van der Waals surface area (Å²) in [4.78, 5) is 44.7. The quantitative estimate of drug-likeness (QED) is 0.458. The van der Waals surface area contributed by atoms with Crippen molar-refractivity contribution in [1.29, 1.82) is 0 Å². The minimum Gasteiger partial charge on any atom is -0.493 e. The van der Waals surface area contributed by atoms with Gasteiger partial charge in [-0.25, -0.2) is 0 Å². The van der Waals surface area contributed by atoms with Crippen LogP contribution in [0.3, 0.4) is 0 Å². The summed E-state index contributed by atoms with van der Waals surface area (Å²) in [6.45, 7) is 2.41. The van der Waals surface area contributed by atoms with Crippen LogP contribution in [0.4, 0.5) is 5.69 Å². The molecular formula is C27H27N3O5S. The van der Waals surface area contributed by atoms with E-state index in [1.54, 1.807) is 36.6 Å². The smallest absolute Gasteiger partial charge is 0.263 e. The van der Waals surface area contributed by atoms with Crippen molar-refractivity contribution in [2.24, 2.45) is 0 Å². The molecule has 2 aromatic carbocycles. The molecule has 0 aliphatic carbocycles. The van der Waals surface area contributed by atoms with Crippen LogP contribution in [-0.4, -0.2) is 67.9 Å². The first-order chi connectivity index (χ1) is 17.5. The summed E-state index contributed by atoms with van der Waals surface area (Å²) < 4.78 is 10.9. The van der Waals surface area contributed by atoms with Gasteiger partial charge in [0.1, 0.15) is 0 Å². The van der Waals surface area contributed by atoms with E-state index < -0.39 is 0 Å². The molecule has 0 radical (unpaired) electrons. The number of hydrogen-bond donors (Lipinski definition) is 0. The van der Waals surface area contributed by atoms with Gasteiger partial charge >= 0.3 is 0 Å². The number of methoxy groups -OCH3 is 2. The van der Waals surface area contributed by atoms with Crippen LogP contribution in [0.1, 0.15) is 31.8 Å². The SMILES string of the molecule is COc1cccc(CN2C(=O)c3cccc(N4CCN(C(=O)Cc5ccsc5)CC4)c3C2=O)c1OC. The molecule has 0 N–H and O–H groups in total. The van der Waals surface area contributed by atoms with E-state index in [9.17, 15) is 14.4 Å². The molecular weight excluding hydrogens is 478 g/mol. The van der Waals surface area contributed by atoms with Gasteiger partial charge in [-0.1, -0.05) is 18.2 Å². The lowest BCUT2D eigenvalue weighted by Crippen LogP contribution is -2.49. The number of ether oxygens (including phenoxy) is 2. The van der Waals surface area contributed by atoms with Gasteiger partial charge in [0.15, 0.2) is 11.5 Å². The average molecular weight is 506 g/mol. The Labute approximate surface area is 213 Å². The number of anilines is 1. The van der Waals surface area contributed by atoms with Gasteiger partial charge in [-0.2, -0.15) is 11.3 Å². The highest BCUT2D eigenvalue weighted by molar-refractivity contribution is 7.08. The number of rotatable bonds is 7. The molecule has 8 nitrogen and oxygen atoms in total. The van der Waals surface area contributed by atoms with Gasteiger partial charge in [-0.15, -0.1) is 0 Å². The number of thiophene rings is 1. The van der Waals surface area contributed by atoms with E-state index in [2.05, 4.69) is 4.90 Å². The Hall–Kier alpha value is -3.85. The number of amides is 3. The fourth-order valence-corrected chi connectivity index (χ4v) is 5.52. The predicted octanol–water partition coefficient (Wildman–Crippen LogP) is 3.45. The number of benzene rings is 2. The molecule has 1 fully saturated rings. The lowest BCUT2D eigenvalue weighted by Gasteiger charge is -2.36. The van der Waals surface area contributed by atoms with E-state index in [-0.39, 0.29) is 24.3 Å². The Kier molecular flexibility index (Phi) is 6.65. The maximum atomic E-state index is 13.5. The highest BCUT2D eigenvalue weighted by atomic mass is 32.1. The Morgan fingerprint density at radius 3 is 2.42 bits per heavy atom. The first kappa shape index (κ1) is 23.9. The van der Waals surface area contributed by atoms with Crippen LogP contribution in [-0.2, 0) is 17.8 Å². The van der Waals surface area contributed by atoms with Crippen LogP contribution >= 0.6 is 11.3 Å². The fraction of sp³-hybridized carbons (Fsp3) is 0.296. The van der Waals surface area contributed by atoms with Crippen molar-refractivity contribution in [2.45, 2.75) is 13.0 Å². The molecule has 2 aliphatic heterocycles. The van der Waals surface area contributed by atoms with Crippen molar-refractivity contribution in [3.8, 4) is 11.5 Å². The second-order valence-electron chi connectivity index (χ2n) is 8.73. The van der Waals surface area contributed by atoms with Crippen molar-refractivity contribution in [3.63, 3.8) is 0 Å². The second-order valence-corrected chi connectivity index (χ2v) is 9.51. The Bertz CT molecular complexity index is 1300. The summed E-state index contributed by atoms with van der Waals surface area (Å²) in [5.41, 5.74) is 3.27. The number of fused-ring (bicyclic) bond motifs is 1. The van der Waals surface area contributed by atoms with Gasteiger partial charge in [0.25, 0.3) is 11.8 Å². The highest BCUT2D eigenvalue weighted by Crippen LogP contribution is 2.36. The summed E-state index contributed by atoms with van der Waals surface area (Å²) >= 11 is 1.59. The Morgan fingerprint density at radius 1 is 0.944 bits per heavy atom. The molecule has 0 bridgehead atoms. The van der Waals surface area contributed by atoms with Crippen LogP contribution in [0.2, 0.25) is 0 Å². The van der Waals surface area contributed by atoms with E-state index in [4.69, 9.17) is 9.47 Å². The molecule has 3 heterocycles. The molecule has 5 rings (SSSR count). The van der Waals surface area contributed by atoms with Crippen LogP contribution < -0.4 is 14.4 Å². The summed E-state index contributed by atoms with van der Waals surface area (Å²) in [5, 5.41) is 3.97. The van der Waals surface area contributed by atoms with Crippen LogP contribution in [0.25, 0.3) is 0 Å². The molecule has 3 amide bonds. The van der Waals surface area contributed by atoms with Crippen LogP contribution in [0.15, 0.2) is 53.2 Å². The number of carbonyl (C=O) groups excluding carboxylic acids is 3. The lowest BCUT2D eigenvalue weighted by atomic mass is 10.1. The zero-order valence-electron chi connectivity index (χ0n) is 20.2. The average Bonchev–Trinajstić information content (AvgIpc) is 3.51. The standard InChI is InChI=1S/C27H27N3O5S/c1-34-22-8-3-5-19(25(22)35-2)16-30-26(32)20-6-4-7-21(24(20)27(30)33)28-10-12-29(13-11-28)23(31)15-18-9-14-36-17-18/h3-9,14,17H,10-13,15-16H2,1-2H3. The zero-order chi connectivity index (χ0) is 25.2. The van der Waals surface area contributed by atoms with Gasteiger partial charge < -0.3 is 19.3 Å². The third-order valence-corrected chi connectivity index (χ3v) is 7.43. The largest absolute Gasteiger partial charge is 0.493 e. The Balaban J connectivity index is 1.33. The van der Waals surface area contributed by atoms with E-state index in [1.807, 2.05) is 39.9 Å². The number of piperazine rings is 1. The van der Waals surface area contributed by atoms with Gasteiger partial charge in [-0.05, 0) is 40.6 Å². The van der Waals surface area contributed by atoms with Crippen molar-refractivity contribution in [2.75, 3.05) is 45.3 Å². The molecule has 0 unspecified atom stereocenters. The van der Waals surface area contributed by atoms with Crippen molar-refractivity contribution in [3.05, 3.63) is 75.5 Å². The van der Waals surface area contributed by atoms with Crippen molar-refractivity contribution in [1.82, 2.24) is 9.80 Å². The normalized spacial score (nSPS) is 15.3. The molecule has 36 heavy (non-hydrogen) atoms. The van der Waals surface area contributed by atoms with Crippen molar-refractivity contribution < 1.29 is 23.9 Å². The second kappa shape index (κ2) is 10.0. The minimum atomic E-state index is -0.328. The summed E-state index contributed by atoms with van der Waals surface area (Å²) in [7, 11) is 3.08. The molecule has 9 heteroatoms. The maximum Gasteiger partial charge on any atom is 0.263 e. The molecule has 0 spiro atoms. The molecule has 3 aromatic rings. The van der Waals surface area contributed by atoms with E-state index in [0.717, 1.165) is 11.3 Å². The zero-order valence-corrected chi connectivity index (χ0v) is 21.0. The number of nitrogens with zero attached hydrogens (tertiary/aromatic N) is 3. The maximum absolute atomic E-state index is 13.5. The number of carbonyl (C=O) groups is 3. The van der Waals surface area contributed by atoms with Crippen molar-refractivity contribution >= 4 is 34.7 Å². The molecule has 186 valence electrons. The van der Waals surface area contributed by atoms with E-state index in [1.165, 1.54) is 12.0 Å². The highest BCUT2D eigenvalue weighted by Gasteiger charge is 2.39. The van der Waals surface area contributed by atoms with E-state index in [0.29, 0.717) is 60.8 Å². The van der Waals surface area contributed by atoms with Gasteiger partial charge in [0.05, 0.1) is 44.0 Å². The third kappa shape index (κ3) is 4.30. The molecule has 0 saturated carbocycles. The summed E-state index contributed by atoms with van der Waals surface area (Å²) in [6.07, 6.45) is 0.403. The minimum absolute atomic E-state index is 0.0804. The number of para-hydroxylation sites is 1. The lowest BCUT2D eigenvalue weighted by molar-refractivity contribution is -0.130. The first-order valence-corrected chi connectivity index (χ1v) is 12.7. The van der Waals surface area contributed by atoms with Gasteiger partial charge in [0, 0.05) is 31.7 Å². The van der Waals surface area contributed by atoms with Gasteiger partial charge in [-0.3, -0.25) is 19.3 Å². The van der Waals surface area contributed by atoms with Gasteiger partial charge in [0.2, 0.25) is 5.91 Å². The number of hydrogen-bond acceptors (Lipinski definition) is 7. The predicted molar refractivity (Wildman–Crippen MR) is 137 cm³/mol. The molecule has 1 saturated heterocycles. The Morgan fingerprint density at radius 2 is 1.72 bits per heavy atom. The fourth-order valence-electron chi connectivity index (χ4n) is 4.85. The summed E-state index contributed by atoms with van der Waals surface area (Å²) in [5.74, 6) is 0.493. The molecule has 2 aliphatic rings. The summed E-state index contributed by atoms with van der Waals surface area (Å²) in [6, 6.07) is 12.8. The topological polar surface area (TPSA) is 79.4 Å². The third-order valence-electron chi connectivity index (χ3n) is 6.70. The van der Waals surface area contributed by atoms with Crippen LogP contribution in [0.5, 0.6) is 11.5 Å². The number of imide groups is 1. The van der Waals surface area contributed by atoms with Crippen LogP contribution in [0, 0.1) is 0 Å².